The summed E-state index contributed by atoms with van der Waals surface area (Å²) in [6, 6.07) is 10.0. The number of nitrogens with zero attached hydrogens (tertiary/aromatic N) is 1. The predicted molar refractivity (Wildman–Crippen MR) is 62.1 cm³/mol. The van der Waals surface area contributed by atoms with Crippen LogP contribution in [0.25, 0.3) is 21.0 Å². The van der Waals surface area contributed by atoms with Gasteiger partial charge in [-0.1, -0.05) is 12.1 Å². The van der Waals surface area contributed by atoms with Crippen LogP contribution in [0, 0.1) is 6.92 Å². The number of thiazole rings is 1. The van der Waals surface area contributed by atoms with E-state index in [-0.39, 0.29) is 0 Å². The van der Waals surface area contributed by atoms with Crippen molar-refractivity contribution >= 4 is 21.6 Å². The molecule has 3 aromatic rings. The Balaban J connectivity index is 2.27. The van der Waals surface area contributed by atoms with E-state index in [2.05, 4.69) is 30.1 Å². The van der Waals surface area contributed by atoms with Gasteiger partial charge >= 0.3 is 0 Å². The molecule has 74 valence electrons. The predicted octanol–water partition coefficient (Wildman–Crippen LogP) is 3.86. The van der Waals surface area contributed by atoms with Crippen molar-refractivity contribution in [3.8, 4) is 10.8 Å². The molecule has 1 aromatic carbocycles. The Morgan fingerprint density at radius 1 is 1.20 bits per heavy atom. The highest BCUT2D eigenvalue weighted by Gasteiger charge is 2.08. The molecular formula is C12H9NOS. The van der Waals surface area contributed by atoms with Gasteiger partial charge in [0.25, 0.3) is 0 Å². The largest absolute Gasteiger partial charge is 0.462 e. The van der Waals surface area contributed by atoms with Crippen LogP contribution in [0.2, 0.25) is 0 Å². The van der Waals surface area contributed by atoms with Crippen LogP contribution >= 0.6 is 11.3 Å². The molecular weight excluding hydrogens is 206 g/mol. The van der Waals surface area contributed by atoms with Crippen molar-refractivity contribution in [1.82, 2.24) is 4.98 Å². The number of hydrogen-bond donors (Lipinski definition) is 0. The number of hydrogen-bond acceptors (Lipinski definition) is 3. The fourth-order valence-electron chi connectivity index (χ4n) is 1.59. The van der Waals surface area contributed by atoms with Crippen LogP contribution in [0.3, 0.4) is 0 Å². The van der Waals surface area contributed by atoms with Crippen LogP contribution in [0.15, 0.2) is 41.0 Å². The summed E-state index contributed by atoms with van der Waals surface area (Å²) in [5, 5.41) is 0.948. The Morgan fingerprint density at radius 2 is 2.13 bits per heavy atom. The van der Waals surface area contributed by atoms with Crippen LogP contribution in [0.4, 0.5) is 0 Å². The Hall–Kier alpha value is -1.61. The number of para-hydroxylation sites is 1. The first kappa shape index (κ1) is 8.68. The number of aryl methyl sites for hydroxylation is 1. The fourth-order valence-corrected chi connectivity index (χ4v) is 2.60. The van der Waals surface area contributed by atoms with Crippen LogP contribution in [-0.2, 0) is 0 Å². The highest BCUT2D eigenvalue weighted by molar-refractivity contribution is 7.21. The summed E-state index contributed by atoms with van der Waals surface area (Å²) in [6.07, 6.45) is 1.67. The van der Waals surface area contributed by atoms with Gasteiger partial charge in [0, 0.05) is 0 Å². The van der Waals surface area contributed by atoms with E-state index in [1.165, 1.54) is 10.3 Å². The third kappa shape index (κ3) is 1.36. The third-order valence-electron chi connectivity index (χ3n) is 2.35. The second-order valence-corrected chi connectivity index (χ2v) is 4.45. The molecule has 0 bridgehead atoms. The van der Waals surface area contributed by atoms with Gasteiger partial charge in [0.1, 0.15) is 0 Å². The molecule has 0 spiro atoms. The monoisotopic (exact) mass is 215 g/mol. The van der Waals surface area contributed by atoms with E-state index in [0.717, 1.165) is 16.3 Å². The van der Waals surface area contributed by atoms with E-state index >= 15 is 0 Å². The van der Waals surface area contributed by atoms with Crippen LogP contribution in [0.5, 0.6) is 0 Å². The number of furan rings is 1. The molecule has 2 aromatic heterocycles. The summed E-state index contributed by atoms with van der Waals surface area (Å²) in [5.41, 5.74) is 2.29. The van der Waals surface area contributed by atoms with Gasteiger partial charge in [-0.3, -0.25) is 0 Å². The zero-order valence-electron chi connectivity index (χ0n) is 8.23. The van der Waals surface area contributed by atoms with Crippen molar-refractivity contribution in [2.75, 3.05) is 0 Å². The molecule has 15 heavy (non-hydrogen) atoms. The highest BCUT2D eigenvalue weighted by atomic mass is 32.1. The minimum Gasteiger partial charge on any atom is -0.462 e. The second-order valence-electron chi connectivity index (χ2n) is 3.42. The molecule has 0 amide bonds. The molecule has 3 heteroatoms. The average Bonchev–Trinajstić information content (AvgIpc) is 2.86. The van der Waals surface area contributed by atoms with E-state index in [4.69, 9.17) is 4.42 Å². The van der Waals surface area contributed by atoms with E-state index < -0.39 is 0 Å². The lowest BCUT2D eigenvalue weighted by Crippen LogP contribution is -1.75. The zero-order chi connectivity index (χ0) is 10.3. The third-order valence-corrected chi connectivity index (χ3v) is 3.39. The lowest BCUT2D eigenvalue weighted by molar-refractivity contribution is 0.582. The molecule has 0 atom stereocenters. The number of rotatable bonds is 1. The molecule has 0 aliphatic heterocycles. The summed E-state index contributed by atoms with van der Waals surface area (Å²) >= 11 is 1.66. The molecule has 3 rings (SSSR count). The van der Waals surface area contributed by atoms with Crippen LogP contribution in [0.1, 0.15) is 5.56 Å². The molecule has 0 N–H and O–H groups in total. The molecule has 0 aliphatic rings. The van der Waals surface area contributed by atoms with E-state index in [0.29, 0.717) is 0 Å². The zero-order valence-corrected chi connectivity index (χ0v) is 9.04. The quantitative estimate of drug-likeness (QED) is 0.616. The fraction of sp³-hybridized carbons (Fsp3) is 0.0833. The summed E-state index contributed by atoms with van der Waals surface area (Å²) in [5.74, 6) is 0.843. The Kier molecular flexibility index (Phi) is 1.86. The molecule has 0 saturated heterocycles. The summed E-state index contributed by atoms with van der Waals surface area (Å²) in [6.45, 7) is 2.08. The Morgan fingerprint density at radius 3 is 2.87 bits per heavy atom. The summed E-state index contributed by atoms with van der Waals surface area (Å²) in [4.78, 5) is 4.58. The van der Waals surface area contributed by atoms with Crippen molar-refractivity contribution in [3.63, 3.8) is 0 Å². The second kappa shape index (κ2) is 3.21. The molecule has 2 nitrogen and oxygen atoms in total. The van der Waals surface area contributed by atoms with Gasteiger partial charge in [0.2, 0.25) is 0 Å². The topological polar surface area (TPSA) is 26.0 Å². The SMILES string of the molecule is Cc1cccc2sc(-c3ccco3)nc12. The number of benzene rings is 1. The first-order valence-corrected chi connectivity index (χ1v) is 5.56. The Bertz CT molecular complexity index is 595. The smallest absolute Gasteiger partial charge is 0.162 e. The summed E-state index contributed by atoms with van der Waals surface area (Å²) in [7, 11) is 0. The van der Waals surface area contributed by atoms with Crippen molar-refractivity contribution in [2.45, 2.75) is 6.92 Å². The minimum absolute atomic E-state index is 0.843. The molecule has 0 fully saturated rings. The number of fused-ring (bicyclic) bond motifs is 1. The summed E-state index contributed by atoms with van der Waals surface area (Å²) < 4.78 is 6.55. The minimum atomic E-state index is 0.843. The van der Waals surface area contributed by atoms with Crippen LogP contribution in [-0.4, -0.2) is 4.98 Å². The molecule has 0 aliphatic carbocycles. The number of aromatic nitrogens is 1. The van der Waals surface area contributed by atoms with E-state index in [9.17, 15) is 0 Å². The van der Waals surface area contributed by atoms with Gasteiger partial charge in [0.15, 0.2) is 10.8 Å². The van der Waals surface area contributed by atoms with Gasteiger partial charge < -0.3 is 4.42 Å². The molecule has 2 heterocycles. The van der Waals surface area contributed by atoms with E-state index in [1.54, 1.807) is 17.6 Å². The highest BCUT2D eigenvalue weighted by Crippen LogP contribution is 2.31. The maximum Gasteiger partial charge on any atom is 0.162 e. The van der Waals surface area contributed by atoms with Gasteiger partial charge in [-0.05, 0) is 30.7 Å². The average molecular weight is 215 g/mol. The lowest BCUT2D eigenvalue weighted by atomic mass is 10.2. The molecule has 0 radical (unpaired) electrons. The Labute approximate surface area is 91.2 Å². The molecule has 0 saturated carbocycles. The standard InChI is InChI=1S/C12H9NOS/c1-8-4-2-6-10-11(8)13-12(15-10)9-5-3-7-14-9/h2-7H,1H3. The maximum absolute atomic E-state index is 5.34. The van der Waals surface area contributed by atoms with E-state index in [1.807, 2.05) is 12.1 Å². The normalized spacial score (nSPS) is 11.0. The lowest BCUT2D eigenvalue weighted by Gasteiger charge is -1.90. The van der Waals surface area contributed by atoms with Crippen molar-refractivity contribution < 1.29 is 4.42 Å². The van der Waals surface area contributed by atoms with Gasteiger partial charge in [0.05, 0.1) is 16.5 Å². The van der Waals surface area contributed by atoms with Crippen molar-refractivity contribution in [3.05, 3.63) is 42.2 Å². The maximum atomic E-state index is 5.34. The van der Waals surface area contributed by atoms with Crippen molar-refractivity contribution in [1.29, 1.82) is 0 Å². The first-order chi connectivity index (χ1) is 7.34. The van der Waals surface area contributed by atoms with Gasteiger partial charge in [-0.25, -0.2) is 4.98 Å². The van der Waals surface area contributed by atoms with Crippen molar-refractivity contribution in [2.24, 2.45) is 0 Å². The van der Waals surface area contributed by atoms with Gasteiger partial charge in [-0.15, -0.1) is 11.3 Å². The first-order valence-electron chi connectivity index (χ1n) is 4.74. The van der Waals surface area contributed by atoms with Gasteiger partial charge in [-0.2, -0.15) is 0 Å². The molecule has 0 unspecified atom stereocenters. The van der Waals surface area contributed by atoms with Crippen LogP contribution < -0.4 is 0 Å².